The predicted octanol–water partition coefficient (Wildman–Crippen LogP) is 3.51. The van der Waals surface area contributed by atoms with Crippen LogP contribution in [-0.4, -0.2) is 47.7 Å². The summed E-state index contributed by atoms with van der Waals surface area (Å²) in [7, 11) is 1.55. The van der Waals surface area contributed by atoms with Crippen molar-refractivity contribution in [3.8, 4) is 0 Å². The summed E-state index contributed by atoms with van der Waals surface area (Å²) < 4.78 is 14.7. The zero-order chi connectivity index (χ0) is 21.0. The van der Waals surface area contributed by atoms with Gasteiger partial charge >= 0.3 is 0 Å². The van der Waals surface area contributed by atoms with Crippen LogP contribution in [-0.2, 0) is 15.1 Å². The third-order valence-electron chi connectivity index (χ3n) is 6.70. The third kappa shape index (κ3) is 2.83. The number of nitrogens with zero attached hydrogens (tertiary/aromatic N) is 2. The zero-order valence-corrected chi connectivity index (χ0v) is 17.2. The number of aliphatic hydroxyl groups is 1. The van der Waals surface area contributed by atoms with Crippen molar-refractivity contribution < 1.29 is 16.0 Å². The van der Waals surface area contributed by atoms with E-state index in [1.807, 2.05) is 25.1 Å². The van der Waals surface area contributed by atoms with Crippen LogP contribution in [0.1, 0.15) is 45.6 Å². The molecule has 5 heteroatoms. The van der Waals surface area contributed by atoms with E-state index in [1.54, 1.807) is 20.3 Å². The van der Waals surface area contributed by atoms with Gasteiger partial charge in [0.25, 0.3) is 0 Å². The van der Waals surface area contributed by atoms with E-state index in [1.165, 1.54) is 0 Å². The van der Waals surface area contributed by atoms with Gasteiger partial charge in [-0.3, -0.25) is 14.7 Å². The Bertz CT molecular complexity index is 911. The SMILES string of the molecule is [2H][C@]12C[C@H](/C(=C\OC)C(C)=O)[C@H](CC)CN1CC[C@@]1(O)C2=Nc2cccc(C)c21. The van der Waals surface area contributed by atoms with E-state index in [9.17, 15) is 11.3 Å². The molecule has 3 aliphatic heterocycles. The highest BCUT2D eigenvalue weighted by Crippen LogP contribution is 2.49. The van der Waals surface area contributed by atoms with E-state index >= 15 is 0 Å². The molecule has 3 aliphatic rings. The van der Waals surface area contributed by atoms with Gasteiger partial charge in [-0.1, -0.05) is 25.5 Å². The van der Waals surface area contributed by atoms with Crippen LogP contribution < -0.4 is 0 Å². The van der Waals surface area contributed by atoms with E-state index in [2.05, 4.69) is 11.8 Å². The molecular formula is C23H30N2O3. The highest BCUT2D eigenvalue weighted by Gasteiger charge is 2.53. The number of benzene rings is 1. The highest BCUT2D eigenvalue weighted by atomic mass is 16.5. The standard InChI is InChI=1S/C23H30N2O3/c1-5-16-12-25-10-9-23(27)21-14(2)7-6-8-19(21)24-22(23)20(25)11-17(16)18(13-28-4)15(3)26/h6-8,13,16-17,20,27H,5,9-12H2,1-4H3/b18-13-/t16-,17+,20-,23+/m1/s1/i20D. The first-order valence-electron chi connectivity index (χ1n) is 10.7. The molecule has 4 rings (SSSR count). The molecule has 0 saturated carbocycles. The second-order valence-electron chi connectivity index (χ2n) is 8.28. The van der Waals surface area contributed by atoms with Gasteiger partial charge < -0.3 is 9.84 Å². The molecule has 5 nitrogen and oxygen atoms in total. The van der Waals surface area contributed by atoms with Crippen LogP contribution in [0.5, 0.6) is 0 Å². The first-order valence-corrected chi connectivity index (χ1v) is 10.2. The Balaban J connectivity index is 1.79. The lowest BCUT2D eigenvalue weighted by molar-refractivity contribution is -0.114. The number of ether oxygens (including phenoxy) is 1. The fraction of sp³-hybridized carbons (Fsp3) is 0.565. The second kappa shape index (κ2) is 7.12. The Hall–Kier alpha value is -1.98. The van der Waals surface area contributed by atoms with Crippen molar-refractivity contribution in [2.75, 3.05) is 20.2 Å². The van der Waals surface area contributed by atoms with Crippen molar-refractivity contribution in [1.82, 2.24) is 4.90 Å². The van der Waals surface area contributed by atoms with Crippen molar-refractivity contribution in [2.24, 2.45) is 16.8 Å². The summed E-state index contributed by atoms with van der Waals surface area (Å²) in [6.45, 7) is 7.03. The summed E-state index contributed by atoms with van der Waals surface area (Å²) in [5.74, 6) is 0.142. The van der Waals surface area contributed by atoms with Gasteiger partial charge in [-0.2, -0.15) is 0 Å². The Morgan fingerprint density at radius 1 is 1.54 bits per heavy atom. The Labute approximate surface area is 168 Å². The minimum absolute atomic E-state index is 0.0223. The lowest BCUT2D eigenvalue weighted by Crippen LogP contribution is -2.60. The van der Waals surface area contributed by atoms with Crippen LogP contribution in [0.4, 0.5) is 5.69 Å². The molecule has 2 fully saturated rings. The van der Waals surface area contributed by atoms with Crippen molar-refractivity contribution >= 4 is 17.2 Å². The van der Waals surface area contributed by atoms with E-state index < -0.39 is 11.6 Å². The average molecular weight is 384 g/mol. The molecule has 1 N–H and O–H groups in total. The minimum Gasteiger partial charge on any atom is -0.504 e. The summed E-state index contributed by atoms with van der Waals surface area (Å²) in [6, 6.07) is 4.71. The molecule has 2 saturated heterocycles. The monoisotopic (exact) mass is 383 g/mol. The maximum atomic E-state index is 12.4. The van der Waals surface area contributed by atoms with Gasteiger partial charge in [0.2, 0.25) is 0 Å². The maximum absolute atomic E-state index is 12.4. The molecule has 1 aromatic carbocycles. The van der Waals surface area contributed by atoms with Crippen LogP contribution >= 0.6 is 0 Å². The number of piperidine rings is 2. The van der Waals surface area contributed by atoms with Crippen LogP contribution in [0.15, 0.2) is 35.0 Å². The number of aryl methyl sites for hydroxylation is 1. The van der Waals surface area contributed by atoms with Crippen LogP contribution in [0.2, 0.25) is 0 Å². The number of hydrogen-bond donors (Lipinski definition) is 1. The number of Topliss-reactive ketones (excluding diaryl/α,β-unsaturated/α-hetero) is 1. The van der Waals surface area contributed by atoms with Crippen molar-refractivity contribution in [3.63, 3.8) is 0 Å². The molecule has 0 unspecified atom stereocenters. The van der Waals surface area contributed by atoms with Gasteiger partial charge in [0.05, 0.1) is 32.2 Å². The molecule has 0 aromatic heterocycles. The van der Waals surface area contributed by atoms with Gasteiger partial charge in [-0.15, -0.1) is 0 Å². The molecule has 3 heterocycles. The number of ketones is 1. The van der Waals surface area contributed by atoms with Crippen molar-refractivity contribution in [2.45, 2.75) is 51.7 Å². The Morgan fingerprint density at radius 2 is 2.32 bits per heavy atom. The summed E-state index contributed by atoms with van der Waals surface area (Å²) in [4.78, 5) is 19.3. The summed E-state index contributed by atoms with van der Waals surface area (Å²) >= 11 is 0. The number of carbonyl (C=O) groups excluding carboxylic acids is 1. The fourth-order valence-corrected chi connectivity index (χ4v) is 5.29. The minimum atomic E-state index is -1.20. The average Bonchev–Trinajstić information content (AvgIpc) is 3.00. The highest BCUT2D eigenvalue weighted by molar-refractivity contribution is 6.05. The first kappa shape index (κ1) is 18.1. The summed E-state index contributed by atoms with van der Waals surface area (Å²) in [5, 5.41) is 11.7. The molecule has 1 aromatic rings. The van der Waals surface area contributed by atoms with Gasteiger partial charge in [0.15, 0.2) is 5.78 Å². The number of hydrogen-bond acceptors (Lipinski definition) is 5. The smallest absolute Gasteiger partial charge is 0.159 e. The maximum Gasteiger partial charge on any atom is 0.159 e. The quantitative estimate of drug-likeness (QED) is 0.638. The number of allylic oxidation sites excluding steroid dienone is 1. The number of aliphatic imine (C=N–C) groups is 1. The topological polar surface area (TPSA) is 62.1 Å². The lowest BCUT2D eigenvalue weighted by atomic mass is 9.69. The number of methoxy groups -OCH3 is 1. The van der Waals surface area contributed by atoms with Gasteiger partial charge in [0, 0.05) is 24.2 Å². The molecule has 0 radical (unpaired) electrons. The van der Waals surface area contributed by atoms with Crippen LogP contribution in [0.3, 0.4) is 0 Å². The van der Waals surface area contributed by atoms with Gasteiger partial charge in [-0.05, 0) is 50.2 Å². The van der Waals surface area contributed by atoms with Gasteiger partial charge in [-0.25, -0.2) is 0 Å². The molecule has 0 aliphatic carbocycles. The molecule has 0 bridgehead atoms. The first-order chi connectivity index (χ1) is 13.8. The second-order valence-corrected chi connectivity index (χ2v) is 8.28. The van der Waals surface area contributed by atoms with Crippen molar-refractivity contribution in [1.29, 1.82) is 0 Å². The van der Waals surface area contributed by atoms with Crippen molar-refractivity contribution in [3.05, 3.63) is 41.2 Å². The number of rotatable bonds is 4. The molecular weight excluding hydrogens is 352 g/mol. The van der Waals surface area contributed by atoms with Gasteiger partial charge in [0.1, 0.15) is 5.60 Å². The van der Waals surface area contributed by atoms with Crippen LogP contribution in [0, 0.1) is 18.8 Å². The fourth-order valence-electron chi connectivity index (χ4n) is 5.29. The predicted molar refractivity (Wildman–Crippen MR) is 110 cm³/mol. The Kier molecular flexibility index (Phi) is 4.60. The normalized spacial score (nSPS) is 35.4. The molecule has 4 atom stereocenters. The van der Waals surface area contributed by atoms with Crippen LogP contribution in [0.25, 0.3) is 0 Å². The molecule has 0 amide bonds. The lowest BCUT2D eigenvalue weighted by Gasteiger charge is -2.50. The van der Waals surface area contributed by atoms with E-state index in [0.29, 0.717) is 37.2 Å². The van der Waals surface area contributed by atoms with E-state index in [4.69, 9.17) is 9.73 Å². The zero-order valence-electron chi connectivity index (χ0n) is 18.2. The Morgan fingerprint density at radius 3 is 3.00 bits per heavy atom. The molecule has 0 spiro atoms. The number of carbonyl (C=O) groups is 1. The largest absolute Gasteiger partial charge is 0.504 e. The summed E-state index contributed by atoms with van der Waals surface area (Å²) in [5.41, 5.74) is 2.55. The van der Waals surface area contributed by atoms with E-state index in [-0.39, 0.29) is 17.6 Å². The summed E-state index contributed by atoms with van der Waals surface area (Å²) in [6.07, 6.45) is 3.42. The number of fused-ring (bicyclic) bond motifs is 5. The van der Waals surface area contributed by atoms with E-state index in [0.717, 1.165) is 23.2 Å². The molecule has 28 heavy (non-hydrogen) atoms. The third-order valence-corrected chi connectivity index (χ3v) is 6.70. The molecule has 150 valence electrons.